The van der Waals surface area contributed by atoms with Crippen LogP contribution in [0.25, 0.3) is 0 Å². The molecule has 3 heteroatoms. The largest absolute Gasteiger partial charge is 0.349 e. The van der Waals surface area contributed by atoms with E-state index in [0.717, 1.165) is 32.4 Å². The van der Waals surface area contributed by atoms with E-state index in [-0.39, 0.29) is 17.4 Å². The molecule has 1 fully saturated rings. The first-order valence-electron chi connectivity index (χ1n) is 7.66. The van der Waals surface area contributed by atoms with Crippen LogP contribution in [0, 0.1) is 12.3 Å². The van der Waals surface area contributed by atoms with Gasteiger partial charge in [0, 0.05) is 6.54 Å². The molecule has 0 bridgehead atoms. The molecule has 1 heterocycles. The Bertz CT molecular complexity index is 464. The Labute approximate surface area is 122 Å². The van der Waals surface area contributed by atoms with Gasteiger partial charge in [0.05, 0.1) is 11.5 Å². The Morgan fingerprint density at radius 1 is 1.50 bits per heavy atom. The second kappa shape index (κ2) is 6.40. The molecule has 20 heavy (non-hydrogen) atoms. The van der Waals surface area contributed by atoms with Gasteiger partial charge in [0.15, 0.2) is 0 Å². The lowest BCUT2D eigenvalue weighted by Crippen LogP contribution is -2.50. The fourth-order valence-electron chi connectivity index (χ4n) is 3.00. The molecule has 1 aromatic rings. The molecular weight excluding hydrogens is 248 g/mol. The fraction of sp³-hybridized carbons (Fsp3) is 0.588. The highest BCUT2D eigenvalue weighted by Gasteiger charge is 2.38. The fourth-order valence-corrected chi connectivity index (χ4v) is 3.00. The van der Waals surface area contributed by atoms with Crippen LogP contribution in [0.15, 0.2) is 24.3 Å². The van der Waals surface area contributed by atoms with Crippen molar-refractivity contribution in [3.8, 4) is 0 Å². The molecule has 1 aliphatic heterocycles. The van der Waals surface area contributed by atoms with Gasteiger partial charge in [0.2, 0.25) is 5.91 Å². The number of hydrogen-bond donors (Lipinski definition) is 2. The van der Waals surface area contributed by atoms with Crippen molar-refractivity contribution < 1.29 is 4.79 Å². The number of carbonyl (C=O) groups is 1. The lowest BCUT2D eigenvalue weighted by atomic mass is 9.77. The van der Waals surface area contributed by atoms with Crippen LogP contribution in [-0.2, 0) is 4.79 Å². The number of aryl methyl sites for hydroxylation is 1. The first-order valence-corrected chi connectivity index (χ1v) is 7.66. The number of hydrogen-bond acceptors (Lipinski definition) is 2. The molecule has 1 saturated heterocycles. The van der Waals surface area contributed by atoms with Crippen molar-refractivity contribution in [3.63, 3.8) is 0 Å². The van der Waals surface area contributed by atoms with Gasteiger partial charge in [-0.2, -0.15) is 0 Å². The molecule has 2 atom stereocenters. The molecule has 2 N–H and O–H groups in total. The van der Waals surface area contributed by atoms with Gasteiger partial charge >= 0.3 is 0 Å². The van der Waals surface area contributed by atoms with Crippen LogP contribution < -0.4 is 10.6 Å². The highest BCUT2D eigenvalue weighted by Crippen LogP contribution is 2.31. The average molecular weight is 274 g/mol. The van der Waals surface area contributed by atoms with Crippen LogP contribution in [-0.4, -0.2) is 19.0 Å². The van der Waals surface area contributed by atoms with Crippen LogP contribution >= 0.6 is 0 Å². The number of carbonyl (C=O) groups excluding carboxylic acids is 1. The van der Waals surface area contributed by atoms with E-state index in [4.69, 9.17) is 0 Å². The van der Waals surface area contributed by atoms with Crippen molar-refractivity contribution in [2.75, 3.05) is 13.1 Å². The first kappa shape index (κ1) is 15.0. The number of piperidine rings is 1. The van der Waals surface area contributed by atoms with E-state index in [9.17, 15) is 4.79 Å². The Hall–Kier alpha value is -1.35. The molecule has 110 valence electrons. The summed E-state index contributed by atoms with van der Waals surface area (Å²) in [6.07, 6.45) is 2.97. The molecule has 2 rings (SSSR count). The molecular formula is C17H26N2O. The zero-order valence-electron chi connectivity index (χ0n) is 12.8. The SMILES string of the molecule is CCC1(C(=O)N[C@H](C)c2cccc(C)c2)CCCNC1. The van der Waals surface area contributed by atoms with Gasteiger partial charge in [0.25, 0.3) is 0 Å². The summed E-state index contributed by atoms with van der Waals surface area (Å²) in [6.45, 7) is 8.09. The van der Waals surface area contributed by atoms with Gasteiger partial charge < -0.3 is 10.6 Å². The zero-order chi connectivity index (χ0) is 14.6. The number of rotatable bonds is 4. The molecule has 0 spiro atoms. The maximum Gasteiger partial charge on any atom is 0.227 e. The highest BCUT2D eigenvalue weighted by atomic mass is 16.2. The summed E-state index contributed by atoms with van der Waals surface area (Å²) in [4.78, 5) is 12.7. The van der Waals surface area contributed by atoms with Crippen LogP contribution in [0.5, 0.6) is 0 Å². The van der Waals surface area contributed by atoms with Gasteiger partial charge in [0.1, 0.15) is 0 Å². The van der Waals surface area contributed by atoms with Gasteiger partial charge in [-0.25, -0.2) is 0 Å². The highest BCUT2D eigenvalue weighted by molar-refractivity contribution is 5.83. The van der Waals surface area contributed by atoms with Crippen molar-refractivity contribution in [1.29, 1.82) is 0 Å². The monoisotopic (exact) mass is 274 g/mol. The van der Waals surface area contributed by atoms with E-state index < -0.39 is 0 Å². The molecule has 0 aromatic heterocycles. The van der Waals surface area contributed by atoms with E-state index in [0.29, 0.717) is 0 Å². The summed E-state index contributed by atoms with van der Waals surface area (Å²) in [5, 5.41) is 6.57. The van der Waals surface area contributed by atoms with Gasteiger partial charge in [-0.05, 0) is 45.2 Å². The van der Waals surface area contributed by atoms with Crippen LogP contribution in [0.4, 0.5) is 0 Å². The predicted octanol–water partition coefficient (Wildman–Crippen LogP) is 2.95. The quantitative estimate of drug-likeness (QED) is 0.886. The maximum atomic E-state index is 12.7. The Balaban J connectivity index is 2.06. The number of nitrogens with one attached hydrogen (secondary N) is 2. The van der Waals surface area contributed by atoms with Crippen molar-refractivity contribution >= 4 is 5.91 Å². The van der Waals surface area contributed by atoms with E-state index >= 15 is 0 Å². The molecule has 0 aliphatic carbocycles. The third kappa shape index (κ3) is 3.21. The van der Waals surface area contributed by atoms with Crippen molar-refractivity contribution in [1.82, 2.24) is 10.6 Å². The molecule has 0 radical (unpaired) electrons. The van der Waals surface area contributed by atoms with Crippen molar-refractivity contribution in [2.45, 2.75) is 46.1 Å². The van der Waals surface area contributed by atoms with Crippen LogP contribution in [0.3, 0.4) is 0 Å². The minimum Gasteiger partial charge on any atom is -0.349 e. The second-order valence-electron chi connectivity index (χ2n) is 6.02. The number of benzene rings is 1. The normalized spacial score (nSPS) is 24.1. The molecule has 1 aliphatic rings. The molecule has 1 aromatic carbocycles. The number of amides is 1. The van der Waals surface area contributed by atoms with E-state index in [1.807, 2.05) is 6.07 Å². The summed E-state index contributed by atoms with van der Waals surface area (Å²) in [5.74, 6) is 0.196. The Morgan fingerprint density at radius 3 is 2.90 bits per heavy atom. The lowest BCUT2D eigenvalue weighted by molar-refractivity contribution is -0.133. The Morgan fingerprint density at radius 2 is 2.30 bits per heavy atom. The zero-order valence-corrected chi connectivity index (χ0v) is 12.8. The summed E-state index contributed by atoms with van der Waals surface area (Å²) < 4.78 is 0. The minimum absolute atomic E-state index is 0.0627. The van der Waals surface area contributed by atoms with E-state index in [1.54, 1.807) is 0 Å². The third-order valence-corrected chi connectivity index (χ3v) is 4.52. The summed E-state index contributed by atoms with van der Waals surface area (Å²) in [5.41, 5.74) is 2.18. The van der Waals surface area contributed by atoms with Gasteiger partial charge in [-0.15, -0.1) is 0 Å². The molecule has 1 unspecified atom stereocenters. The van der Waals surface area contributed by atoms with Gasteiger partial charge in [-0.3, -0.25) is 4.79 Å². The summed E-state index contributed by atoms with van der Waals surface area (Å²) in [7, 11) is 0. The van der Waals surface area contributed by atoms with E-state index in [1.165, 1.54) is 11.1 Å². The molecule has 1 amide bonds. The smallest absolute Gasteiger partial charge is 0.227 e. The predicted molar refractivity (Wildman–Crippen MR) is 82.6 cm³/mol. The molecule has 3 nitrogen and oxygen atoms in total. The summed E-state index contributed by atoms with van der Waals surface area (Å²) >= 11 is 0. The van der Waals surface area contributed by atoms with Crippen molar-refractivity contribution in [3.05, 3.63) is 35.4 Å². The third-order valence-electron chi connectivity index (χ3n) is 4.52. The molecule has 0 saturated carbocycles. The second-order valence-corrected chi connectivity index (χ2v) is 6.02. The topological polar surface area (TPSA) is 41.1 Å². The maximum absolute atomic E-state index is 12.7. The van der Waals surface area contributed by atoms with Crippen LogP contribution in [0.2, 0.25) is 0 Å². The van der Waals surface area contributed by atoms with Crippen molar-refractivity contribution in [2.24, 2.45) is 5.41 Å². The average Bonchev–Trinajstić information content (AvgIpc) is 2.47. The van der Waals surface area contributed by atoms with Crippen LogP contribution in [0.1, 0.15) is 50.3 Å². The minimum atomic E-state index is -0.226. The van der Waals surface area contributed by atoms with E-state index in [2.05, 4.69) is 49.6 Å². The lowest BCUT2D eigenvalue weighted by Gasteiger charge is -2.36. The first-order chi connectivity index (χ1) is 9.57. The van der Waals surface area contributed by atoms with Gasteiger partial charge in [-0.1, -0.05) is 36.8 Å². The Kier molecular flexibility index (Phi) is 4.81. The standard InChI is InChI=1S/C17H26N2O/c1-4-17(9-6-10-18-12-17)16(20)19-14(3)15-8-5-7-13(2)11-15/h5,7-8,11,14,18H,4,6,9-10,12H2,1-3H3,(H,19,20)/t14-,17?/m1/s1. The summed E-state index contributed by atoms with van der Waals surface area (Å²) in [6, 6.07) is 8.41.